The molecule has 1 heterocycles. The first-order valence-electron chi connectivity index (χ1n) is 13.3. The molecular formula is C33H33N3O3. The minimum absolute atomic E-state index is 0.107. The molecule has 0 bridgehead atoms. The van der Waals surface area contributed by atoms with Crippen molar-refractivity contribution >= 4 is 27.6 Å². The summed E-state index contributed by atoms with van der Waals surface area (Å²) in [5.41, 5.74) is 4.03. The summed E-state index contributed by atoms with van der Waals surface area (Å²) in [6.07, 6.45) is 0.652. The standard InChI is InChI=1S/C33H33N3O3/c1-22-17-18-26(21-23(22)2)36-31(34-30-16-8-7-14-29(30)33(36)38)24(3)35(19-10-20-39-4)32(37)28-15-9-12-25-11-5-6-13-27(25)28/h5-9,11-18,21,24H,10,19-20H2,1-4H3. The fourth-order valence-corrected chi connectivity index (χ4v) is 5.10. The number of benzene rings is 4. The van der Waals surface area contributed by atoms with Crippen molar-refractivity contribution in [3.8, 4) is 5.69 Å². The van der Waals surface area contributed by atoms with Gasteiger partial charge in [-0.15, -0.1) is 0 Å². The van der Waals surface area contributed by atoms with Crippen LogP contribution >= 0.6 is 0 Å². The maximum atomic E-state index is 14.2. The number of aromatic nitrogens is 2. The summed E-state index contributed by atoms with van der Waals surface area (Å²) in [6, 6.07) is 26.5. The molecule has 0 radical (unpaired) electrons. The second-order valence-electron chi connectivity index (χ2n) is 9.94. The van der Waals surface area contributed by atoms with E-state index in [0.717, 1.165) is 27.6 Å². The second kappa shape index (κ2) is 11.2. The number of fused-ring (bicyclic) bond motifs is 2. The van der Waals surface area contributed by atoms with Gasteiger partial charge in [0.15, 0.2) is 0 Å². The molecule has 0 aliphatic carbocycles. The number of aryl methyl sites for hydroxylation is 2. The lowest BCUT2D eigenvalue weighted by Crippen LogP contribution is -2.38. The predicted molar refractivity (Wildman–Crippen MR) is 157 cm³/mol. The Kier molecular flexibility index (Phi) is 7.57. The maximum Gasteiger partial charge on any atom is 0.266 e. The number of carbonyl (C=O) groups is 1. The highest BCUT2D eigenvalue weighted by Gasteiger charge is 2.28. The van der Waals surface area contributed by atoms with E-state index in [1.807, 2.05) is 105 Å². The molecule has 6 heteroatoms. The first-order chi connectivity index (χ1) is 18.9. The molecule has 1 amide bonds. The Morgan fingerprint density at radius 3 is 2.41 bits per heavy atom. The molecule has 6 nitrogen and oxygen atoms in total. The van der Waals surface area contributed by atoms with E-state index in [9.17, 15) is 9.59 Å². The summed E-state index contributed by atoms with van der Waals surface area (Å²) in [7, 11) is 1.66. The summed E-state index contributed by atoms with van der Waals surface area (Å²) in [6.45, 7) is 6.99. The smallest absolute Gasteiger partial charge is 0.266 e. The van der Waals surface area contributed by atoms with Gasteiger partial charge in [-0.25, -0.2) is 4.98 Å². The lowest BCUT2D eigenvalue weighted by atomic mass is 10.0. The highest BCUT2D eigenvalue weighted by molar-refractivity contribution is 6.07. The van der Waals surface area contributed by atoms with Crippen LogP contribution in [0.5, 0.6) is 0 Å². The fraction of sp³-hybridized carbons (Fsp3) is 0.242. The first-order valence-corrected chi connectivity index (χ1v) is 13.3. The van der Waals surface area contributed by atoms with E-state index in [2.05, 4.69) is 0 Å². The Balaban J connectivity index is 1.69. The topological polar surface area (TPSA) is 64.4 Å². The van der Waals surface area contributed by atoms with E-state index < -0.39 is 6.04 Å². The van der Waals surface area contributed by atoms with Crippen LogP contribution in [0.25, 0.3) is 27.4 Å². The quantitative estimate of drug-likeness (QED) is 0.223. The number of hydrogen-bond donors (Lipinski definition) is 0. The van der Waals surface area contributed by atoms with Crippen molar-refractivity contribution in [3.63, 3.8) is 0 Å². The van der Waals surface area contributed by atoms with Gasteiger partial charge in [0.05, 0.1) is 22.6 Å². The molecule has 0 spiro atoms. The van der Waals surface area contributed by atoms with Gasteiger partial charge in [0.25, 0.3) is 11.5 Å². The van der Waals surface area contributed by atoms with Crippen molar-refractivity contribution in [1.82, 2.24) is 14.5 Å². The van der Waals surface area contributed by atoms with Gasteiger partial charge in [-0.3, -0.25) is 14.2 Å². The second-order valence-corrected chi connectivity index (χ2v) is 9.94. The van der Waals surface area contributed by atoms with Crippen molar-refractivity contribution in [2.24, 2.45) is 0 Å². The van der Waals surface area contributed by atoms with Gasteiger partial charge in [0, 0.05) is 25.8 Å². The van der Waals surface area contributed by atoms with Crippen molar-refractivity contribution < 1.29 is 9.53 Å². The summed E-state index contributed by atoms with van der Waals surface area (Å²) in [5, 5.41) is 2.44. The zero-order chi connectivity index (χ0) is 27.5. The number of methoxy groups -OCH3 is 1. The Morgan fingerprint density at radius 2 is 1.64 bits per heavy atom. The lowest BCUT2D eigenvalue weighted by molar-refractivity contribution is 0.0659. The SMILES string of the molecule is COCCCN(C(=O)c1cccc2ccccc12)C(C)c1nc2ccccc2c(=O)n1-c1ccc(C)c(C)c1. The van der Waals surface area contributed by atoms with Crippen LogP contribution in [0.3, 0.4) is 0 Å². The molecular weight excluding hydrogens is 486 g/mol. The van der Waals surface area contributed by atoms with Gasteiger partial charge in [-0.2, -0.15) is 0 Å². The van der Waals surface area contributed by atoms with Crippen LogP contribution in [0.1, 0.15) is 46.7 Å². The van der Waals surface area contributed by atoms with E-state index in [0.29, 0.717) is 41.9 Å². The summed E-state index contributed by atoms with van der Waals surface area (Å²) in [4.78, 5) is 35.0. The minimum atomic E-state index is -0.493. The Hall–Kier alpha value is -4.29. The van der Waals surface area contributed by atoms with Gasteiger partial charge in [-0.05, 0) is 79.4 Å². The highest BCUT2D eigenvalue weighted by atomic mass is 16.5. The third kappa shape index (κ3) is 5.08. The molecule has 0 saturated heterocycles. The third-order valence-electron chi connectivity index (χ3n) is 7.42. The highest BCUT2D eigenvalue weighted by Crippen LogP contribution is 2.28. The van der Waals surface area contributed by atoms with Crippen LogP contribution < -0.4 is 5.56 Å². The zero-order valence-electron chi connectivity index (χ0n) is 22.8. The number of para-hydroxylation sites is 1. The molecule has 0 saturated carbocycles. The molecule has 39 heavy (non-hydrogen) atoms. The van der Waals surface area contributed by atoms with Crippen molar-refractivity contribution in [2.75, 3.05) is 20.3 Å². The monoisotopic (exact) mass is 519 g/mol. The van der Waals surface area contributed by atoms with Crippen LogP contribution in [-0.4, -0.2) is 40.6 Å². The molecule has 0 N–H and O–H groups in total. The number of amides is 1. The molecule has 4 aromatic carbocycles. The minimum Gasteiger partial charge on any atom is -0.385 e. The predicted octanol–water partition coefficient (Wildman–Crippen LogP) is 6.40. The Morgan fingerprint density at radius 1 is 0.923 bits per heavy atom. The largest absolute Gasteiger partial charge is 0.385 e. The maximum absolute atomic E-state index is 14.2. The van der Waals surface area contributed by atoms with Crippen LogP contribution in [0.2, 0.25) is 0 Å². The number of hydrogen-bond acceptors (Lipinski definition) is 4. The summed E-state index contributed by atoms with van der Waals surface area (Å²) >= 11 is 0. The number of rotatable bonds is 8. The molecule has 0 fully saturated rings. The van der Waals surface area contributed by atoms with E-state index in [-0.39, 0.29) is 11.5 Å². The van der Waals surface area contributed by atoms with E-state index in [1.54, 1.807) is 17.7 Å². The molecule has 5 aromatic rings. The van der Waals surface area contributed by atoms with Crippen molar-refractivity contribution in [3.05, 3.63) is 118 Å². The number of nitrogens with zero attached hydrogens (tertiary/aromatic N) is 3. The van der Waals surface area contributed by atoms with E-state index in [4.69, 9.17) is 9.72 Å². The average molecular weight is 520 g/mol. The van der Waals surface area contributed by atoms with Crippen molar-refractivity contribution in [2.45, 2.75) is 33.2 Å². The third-order valence-corrected chi connectivity index (χ3v) is 7.42. The van der Waals surface area contributed by atoms with Gasteiger partial charge in [0.2, 0.25) is 0 Å². The van der Waals surface area contributed by atoms with Gasteiger partial charge < -0.3 is 9.64 Å². The molecule has 1 unspecified atom stereocenters. The van der Waals surface area contributed by atoms with Gasteiger partial charge in [0.1, 0.15) is 5.82 Å². The molecule has 0 aliphatic rings. The van der Waals surface area contributed by atoms with Crippen molar-refractivity contribution in [1.29, 1.82) is 0 Å². The molecule has 1 atom stereocenters. The lowest BCUT2D eigenvalue weighted by Gasteiger charge is -2.31. The zero-order valence-corrected chi connectivity index (χ0v) is 22.8. The van der Waals surface area contributed by atoms with Gasteiger partial charge >= 0.3 is 0 Å². The van der Waals surface area contributed by atoms with E-state index in [1.165, 1.54) is 0 Å². The van der Waals surface area contributed by atoms with Gasteiger partial charge in [-0.1, -0.05) is 54.6 Å². The normalized spacial score (nSPS) is 12.1. The molecule has 198 valence electrons. The molecule has 0 aliphatic heterocycles. The average Bonchev–Trinajstić information content (AvgIpc) is 2.96. The van der Waals surface area contributed by atoms with E-state index >= 15 is 0 Å². The Labute approximate surface area is 228 Å². The fourth-order valence-electron chi connectivity index (χ4n) is 5.10. The van der Waals surface area contributed by atoms with Crippen LogP contribution in [0.15, 0.2) is 89.7 Å². The Bertz CT molecular complexity index is 1720. The summed E-state index contributed by atoms with van der Waals surface area (Å²) < 4.78 is 6.98. The number of ether oxygens (including phenoxy) is 1. The molecule has 5 rings (SSSR count). The molecule has 1 aromatic heterocycles. The van der Waals surface area contributed by atoms with Crippen LogP contribution in [0, 0.1) is 13.8 Å². The first kappa shape index (κ1) is 26.3. The van der Waals surface area contributed by atoms with Crippen LogP contribution in [0.4, 0.5) is 0 Å². The number of carbonyl (C=O) groups excluding carboxylic acids is 1. The summed E-state index contributed by atoms with van der Waals surface area (Å²) in [5.74, 6) is 0.414. The van der Waals surface area contributed by atoms with Crippen LogP contribution in [-0.2, 0) is 4.74 Å².